The number of nitrogens with zero attached hydrogens (tertiary/aromatic N) is 1. The maximum Gasteiger partial charge on any atom is 0.258 e. The number of para-hydroxylation sites is 1. The predicted molar refractivity (Wildman–Crippen MR) is 142 cm³/mol. The Labute approximate surface area is 204 Å². The lowest BCUT2D eigenvalue weighted by Gasteiger charge is -2.15. The van der Waals surface area contributed by atoms with Crippen molar-refractivity contribution in [3.63, 3.8) is 0 Å². The molecule has 178 valence electrons. The van der Waals surface area contributed by atoms with Crippen molar-refractivity contribution in [1.82, 2.24) is 10.3 Å². The summed E-state index contributed by atoms with van der Waals surface area (Å²) in [5.41, 5.74) is 6.27. The van der Waals surface area contributed by atoms with Gasteiger partial charge < -0.3 is 15.6 Å². The summed E-state index contributed by atoms with van der Waals surface area (Å²) in [5, 5.41) is 10.1. The minimum atomic E-state index is -0.319. The lowest BCUT2D eigenvalue weighted by molar-refractivity contribution is -0.114. The predicted octanol–water partition coefficient (Wildman–Crippen LogP) is 5.18. The van der Waals surface area contributed by atoms with Crippen LogP contribution >= 0.6 is 0 Å². The molecule has 4 rings (SSSR count). The second-order valence-electron chi connectivity index (χ2n) is 8.50. The van der Waals surface area contributed by atoms with Crippen LogP contribution in [0.4, 0.5) is 11.4 Å². The number of benzene rings is 3. The van der Waals surface area contributed by atoms with Crippen molar-refractivity contribution in [2.75, 3.05) is 17.2 Å². The summed E-state index contributed by atoms with van der Waals surface area (Å²) >= 11 is 0. The zero-order valence-corrected chi connectivity index (χ0v) is 20.1. The van der Waals surface area contributed by atoms with Crippen molar-refractivity contribution in [2.24, 2.45) is 4.99 Å². The Kier molecular flexibility index (Phi) is 7.26. The number of aromatic amines is 1. The molecule has 0 spiro atoms. The van der Waals surface area contributed by atoms with Gasteiger partial charge in [0.15, 0.2) is 0 Å². The van der Waals surface area contributed by atoms with Gasteiger partial charge in [-0.2, -0.15) is 0 Å². The topological polar surface area (TPSA) is 98.4 Å². The molecule has 7 nitrogen and oxygen atoms in total. The van der Waals surface area contributed by atoms with Crippen LogP contribution in [0.5, 0.6) is 0 Å². The van der Waals surface area contributed by atoms with E-state index in [1.807, 2.05) is 56.4 Å². The van der Waals surface area contributed by atoms with Crippen molar-refractivity contribution in [3.05, 3.63) is 95.2 Å². The van der Waals surface area contributed by atoms with Crippen LogP contribution < -0.4 is 16.0 Å². The Morgan fingerprint density at radius 1 is 0.943 bits per heavy atom. The highest BCUT2D eigenvalue weighted by Gasteiger charge is 2.12. The van der Waals surface area contributed by atoms with E-state index in [2.05, 4.69) is 27.0 Å². The standard InChI is InChI=1S/C28H29N5O2/c1-18-11-12-19(2)26(15-18)32-28(29-14-13-22-17-30-25-10-5-4-9-24(22)25)33-27(35)21-7-6-8-23(16-21)31-20(3)34/h4-12,15-17,30H,13-14H2,1-3H3,(H,31,34)(H2,29,32,33,35). The number of carbonyl (C=O) groups excluding carboxylic acids is 2. The van der Waals surface area contributed by atoms with E-state index in [4.69, 9.17) is 4.99 Å². The molecule has 0 aliphatic heterocycles. The van der Waals surface area contributed by atoms with Crippen LogP contribution in [0.15, 0.2) is 77.9 Å². The molecule has 4 aromatic rings. The summed E-state index contributed by atoms with van der Waals surface area (Å²) < 4.78 is 0. The van der Waals surface area contributed by atoms with Crippen molar-refractivity contribution in [2.45, 2.75) is 27.2 Å². The average molecular weight is 468 g/mol. The third-order valence-corrected chi connectivity index (χ3v) is 5.65. The Morgan fingerprint density at radius 2 is 1.77 bits per heavy atom. The van der Waals surface area contributed by atoms with Gasteiger partial charge in [-0.15, -0.1) is 0 Å². The van der Waals surface area contributed by atoms with Gasteiger partial charge in [0.2, 0.25) is 11.9 Å². The van der Waals surface area contributed by atoms with Crippen molar-refractivity contribution in [3.8, 4) is 0 Å². The van der Waals surface area contributed by atoms with E-state index in [0.717, 1.165) is 28.8 Å². The van der Waals surface area contributed by atoms with Crippen LogP contribution in [0.1, 0.15) is 34.0 Å². The van der Waals surface area contributed by atoms with Gasteiger partial charge in [-0.3, -0.25) is 19.9 Å². The van der Waals surface area contributed by atoms with E-state index < -0.39 is 0 Å². The Balaban J connectivity index is 1.55. The van der Waals surface area contributed by atoms with Crippen LogP contribution in [-0.4, -0.2) is 29.3 Å². The Morgan fingerprint density at radius 3 is 2.60 bits per heavy atom. The molecule has 1 heterocycles. The number of guanidine groups is 1. The van der Waals surface area contributed by atoms with Gasteiger partial charge in [0.05, 0.1) is 0 Å². The molecule has 0 radical (unpaired) electrons. The molecule has 0 aliphatic carbocycles. The summed E-state index contributed by atoms with van der Waals surface area (Å²) in [7, 11) is 0. The third kappa shape index (κ3) is 6.14. The second kappa shape index (κ2) is 10.7. The van der Waals surface area contributed by atoms with Crippen LogP contribution in [0, 0.1) is 13.8 Å². The smallest absolute Gasteiger partial charge is 0.258 e. The number of fused-ring (bicyclic) bond motifs is 1. The van der Waals surface area contributed by atoms with Gasteiger partial charge in [0.1, 0.15) is 0 Å². The molecule has 3 aromatic carbocycles. The molecule has 0 fully saturated rings. The van der Waals surface area contributed by atoms with E-state index in [0.29, 0.717) is 23.8 Å². The number of aromatic nitrogens is 1. The maximum absolute atomic E-state index is 13.1. The monoisotopic (exact) mass is 467 g/mol. The summed E-state index contributed by atoms with van der Waals surface area (Å²) in [6.07, 6.45) is 2.72. The van der Waals surface area contributed by atoms with Gasteiger partial charge in [-0.25, -0.2) is 0 Å². The lowest BCUT2D eigenvalue weighted by atomic mass is 10.1. The molecule has 2 amide bonds. The van der Waals surface area contributed by atoms with E-state index in [-0.39, 0.29) is 11.8 Å². The number of aliphatic imine (C=N–C) groups is 1. The van der Waals surface area contributed by atoms with Crippen LogP contribution in [-0.2, 0) is 11.2 Å². The zero-order chi connectivity index (χ0) is 24.8. The quantitative estimate of drug-likeness (QED) is 0.232. The minimum Gasteiger partial charge on any atom is -0.361 e. The van der Waals surface area contributed by atoms with Crippen molar-refractivity contribution < 1.29 is 9.59 Å². The first-order valence-corrected chi connectivity index (χ1v) is 11.5. The first kappa shape index (κ1) is 23.8. The zero-order valence-electron chi connectivity index (χ0n) is 20.1. The molecule has 0 bridgehead atoms. The van der Waals surface area contributed by atoms with Gasteiger partial charge in [-0.05, 0) is 67.3 Å². The number of aryl methyl sites for hydroxylation is 2. The second-order valence-corrected chi connectivity index (χ2v) is 8.50. The number of carbonyl (C=O) groups is 2. The minimum absolute atomic E-state index is 0.196. The van der Waals surface area contributed by atoms with Crippen LogP contribution in [0.25, 0.3) is 10.9 Å². The van der Waals surface area contributed by atoms with Gasteiger partial charge in [0, 0.05) is 47.5 Å². The lowest BCUT2D eigenvalue weighted by Crippen LogP contribution is -2.36. The number of anilines is 2. The van der Waals surface area contributed by atoms with Gasteiger partial charge in [-0.1, -0.05) is 36.4 Å². The van der Waals surface area contributed by atoms with E-state index in [1.54, 1.807) is 24.3 Å². The average Bonchev–Trinajstić information content (AvgIpc) is 3.24. The number of hydrogen-bond acceptors (Lipinski definition) is 3. The molecule has 4 N–H and O–H groups in total. The highest BCUT2D eigenvalue weighted by molar-refractivity contribution is 6.10. The molecule has 0 saturated carbocycles. The number of nitrogens with one attached hydrogen (secondary N) is 4. The fourth-order valence-electron chi connectivity index (χ4n) is 3.86. The fraction of sp³-hybridized carbons (Fsp3) is 0.179. The molecule has 0 aliphatic rings. The number of amides is 2. The normalized spacial score (nSPS) is 11.3. The highest BCUT2D eigenvalue weighted by atomic mass is 16.2. The SMILES string of the molecule is CC(=O)Nc1cccc(C(=O)NC(=NCCc2c[nH]c3ccccc23)Nc2cc(C)ccc2C)c1. The molecule has 0 unspecified atom stereocenters. The Hall–Kier alpha value is -4.39. The van der Waals surface area contributed by atoms with Crippen LogP contribution in [0.2, 0.25) is 0 Å². The van der Waals surface area contributed by atoms with E-state index in [9.17, 15) is 9.59 Å². The summed E-state index contributed by atoms with van der Waals surface area (Å²) in [6.45, 7) is 5.94. The van der Waals surface area contributed by atoms with Crippen LogP contribution in [0.3, 0.4) is 0 Å². The maximum atomic E-state index is 13.1. The molecule has 7 heteroatoms. The molecule has 0 saturated heterocycles. The number of hydrogen-bond donors (Lipinski definition) is 4. The fourth-order valence-corrected chi connectivity index (χ4v) is 3.86. The molecular formula is C28H29N5O2. The van der Waals surface area contributed by atoms with E-state index in [1.165, 1.54) is 17.9 Å². The summed E-state index contributed by atoms with van der Waals surface area (Å²) in [6, 6.07) is 21.0. The van der Waals surface area contributed by atoms with Crippen molar-refractivity contribution >= 4 is 40.1 Å². The summed E-state index contributed by atoms with van der Waals surface area (Å²) in [4.78, 5) is 32.4. The number of rotatable bonds is 6. The molecular weight excluding hydrogens is 438 g/mol. The first-order valence-electron chi connectivity index (χ1n) is 11.5. The highest BCUT2D eigenvalue weighted by Crippen LogP contribution is 2.19. The first-order chi connectivity index (χ1) is 16.9. The third-order valence-electron chi connectivity index (χ3n) is 5.65. The van der Waals surface area contributed by atoms with Gasteiger partial charge >= 0.3 is 0 Å². The number of H-pyrrole nitrogens is 1. The Bertz CT molecular complexity index is 1400. The molecule has 0 atom stereocenters. The largest absolute Gasteiger partial charge is 0.361 e. The molecule has 35 heavy (non-hydrogen) atoms. The summed E-state index contributed by atoms with van der Waals surface area (Å²) in [5.74, 6) is -0.145. The van der Waals surface area contributed by atoms with E-state index >= 15 is 0 Å². The van der Waals surface area contributed by atoms with Crippen molar-refractivity contribution in [1.29, 1.82) is 0 Å². The van der Waals surface area contributed by atoms with Gasteiger partial charge in [0.25, 0.3) is 5.91 Å². The molecule has 1 aromatic heterocycles.